The zero-order chi connectivity index (χ0) is 17.0. The Bertz CT molecular complexity index is 917. The Balaban J connectivity index is 1.55. The molecule has 0 unspecified atom stereocenters. The van der Waals surface area contributed by atoms with Crippen LogP contribution in [0.4, 0.5) is 5.69 Å². The van der Waals surface area contributed by atoms with Crippen LogP contribution in [-0.4, -0.2) is 38.7 Å². The van der Waals surface area contributed by atoms with Crippen LogP contribution in [0.15, 0.2) is 30.7 Å². The second-order valence-electron chi connectivity index (χ2n) is 7.15. The van der Waals surface area contributed by atoms with E-state index >= 15 is 0 Å². The normalized spacial score (nSPS) is 19.0. The molecule has 2 fully saturated rings. The minimum absolute atomic E-state index is 0.303. The Morgan fingerprint density at radius 3 is 2.60 bits per heavy atom. The predicted molar refractivity (Wildman–Crippen MR) is 99.6 cm³/mol. The highest BCUT2D eigenvalue weighted by Crippen LogP contribution is 2.36. The Morgan fingerprint density at radius 1 is 1.04 bits per heavy atom. The van der Waals surface area contributed by atoms with Crippen molar-refractivity contribution in [1.82, 2.24) is 19.6 Å². The third-order valence-corrected chi connectivity index (χ3v) is 5.57. The Labute approximate surface area is 151 Å². The molecule has 7 heteroatoms. The summed E-state index contributed by atoms with van der Waals surface area (Å²) in [5.41, 5.74) is 9.16. The number of rotatable bonds is 3. The molecular weight excluding hydrogens is 336 g/mol. The number of fused-ring (bicyclic) bond motifs is 1. The summed E-state index contributed by atoms with van der Waals surface area (Å²) in [7, 11) is 0. The summed E-state index contributed by atoms with van der Waals surface area (Å²) in [4.78, 5) is 2.33. The Hall–Kier alpha value is -2.05. The molecule has 3 heterocycles. The molecule has 1 aliphatic carbocycles. The van der Waals surface area contributed by atoms with Crippen molar-refractivity contribution in [1.29, 1.82) is 0 Å². The fourth-order valence-electron chi connectivity index (χ4n) is 3.60. The maximum Gasteiger partial charge on any atom is 0.103 e. The van der Waals surface area contributed by atoms with Crippen molar-refractivity contribution in [3.05, 3.63) is 35.7 Å². The van der Waals surface area contributed by atoms with Gasteiger partial charge in [0.25, 0.3) is 0 Å². The number of piperidine rings is 1. The minimum atomic E-state index is 0.303. The van der Waals surface area contributed by atoms with Crippen molar-refractivity contribution < 1.29 is 0 Å². The van der Waals surface area contributed by atoms with Crippen molar-refractivity contribution >= 4 is 28.2 Å². The van der Waals surface area contributed by atoms with Crippen LogP contribution < -0.4 is 10.6 Å². The molecule has 2 aromatic heterocycles. The van der Waals surface area contributed by atoms with Gasteiger partial charge in [-0.1, -0.05) is 11.6 Å². The highest BCUT2D eigenvalue weighted by atomic mass is 35.5. The SMILES string of the molecule is NC1CCN(c2cc3c(cnn3-c3cnn(C4CC4)c3)cc2Cl)CC1. The summed E-state index contributed by atoms with van der Waals surface area (Å²) >= 11 is 6.56. The minimum Gasteiger partial charge on any atom is -0.370 e. The molecule has 1 saturated heterocycles. The van der Waals surface area contributed by atoms with Gasteiger partial charge in [0.2, 0.25) is 0 Å². The van der Waals surface area contributed by atoms with Crippen molar-refractivity contribution in [2.24, 2.45) is 5.73 Å². The molecule has 0 bridgehead atoms. The first kappa shape index (κ1) is 15.2. The molecule has 0 atom stereocenters. The molecule has 1 saturated carbocycles. The number of nitrogens with zero attached hydrogens (tertiary/aromatic N) is 5. The van der Waals surface area contributed by atoms with Crippen LogP contribution in [0.5, 0.6) is 0 Å². The van der Waals surface area contributed by atoms with E-state index in [-0.39, 0.29) is 0 Å². The van der Waals surface area contributed by atoms with Crippen LogP contribution in [0.2, 0.25) is 5.02 Å². The molecule has 0 amide bonds. The smallest absolute Gasteiger partial charge is 0.103 e. The van der Waals surface area contributed by atoms with E-state index in [9.17, 15) is 0 Å². The molecule has 2 aliphatic rings. The topological polar surface area (TPSA) is 64.9 Å². The number of halogens is 1. The van der Waals surface area contributed by atoms with Gasteiger partial charge in [-0.2, -0.15) is 10.2 Å². The lowest BCUT2D eigenvalue weighted by atomic mass is 10.1. The first-order chi connectivity index (χ1) is 12.2. The van der Waals surface area contributed by atoms with Crippen molar-refractivity contribution in [3.63, 3.8) is 0 Å². The molecule has 5 rings (SSSR count). The predicted octanol–water partition coefficient (Wildman–Crippen LogP) is 3.14. The fourth-order valence-corrected chi connectivity index (χ4v) is 3.89. The molecule has 1 aliphatic heterocycles. The van der Waals surface area contributed by atoms with Gasteiger partial charge in [-0.15, -0.1) is 0 Å². The molecule has 3 aromatic rings. The van der Waals surface area contributed by atoms with Gasteiger partial charge in [0, 0.05) is 24.5 Å². The van der Waals surface area contributed by atoms with Gasteiger partial charge in [0.05, 0.1) is 40.9 Å². The molecule has 6 nitrogen and oxygen atoms in total. The number of hydrogen-bond donors (Lipinski definition) is 1. The molecule has 1 aromatic carbocycles. The van der Waals surface area contributed by atoms with Crippen LogP contribution in [0.25, 0.3) is 16.6 Å². The number of anilines is 1. The van der Waals surface area contributed by atoms with E-state index < -0.39 is 0 Å². The summed E-state index contributed by atoms with van der Waals surface area (Å²) < 4.78 is 4.00. The van der Waals surface area contributed by atoms with E-state index in [1.54, 1.807) is 0 Å². The highest BCUT2D eigenvalue weighted by Gasteiger charge is 2.25. The van der Waals surface area contributed by atoms with Gasteiger partial charge in [-0.3, -0.25) is 4.68 Å². The third-order valence-electron chi connectivity index (χ3n) is 5.27. The molecular formula is C18H21ClN6. The number of nitrogens with two attached hydrogens (primary N) is 1. The molecule has 0 spiro atoms. The quantitative estimate of drug-likeness (QED) is 0.783. The second-order valence-corrected chi connectivity index (χ2v) is 7.56. The van der Waals surface area contributed by atoms with Crippen LogP contribution in [-0.2, 0) is 0 Å². The van der Waals surface area contributed by atoms with E-state index in [4.69, 9.17) is 17.3 Å². The maximum absolute atomic E-state index is 6.56. The molecule has 130 valence electrons. The maximum atomic E-state index is 6.56. The lowest BCUT2D eigenvalue weighted by Crippen LogP contribution is -2.39. The van der Waals surface area contributed by atoms with Crippen molar-refractivity contribution in [2.45, 2.75) is 37.8 Å². The van der Waals surface area contributed by atoms with Gasteiger partial charge in [0.1, 0.15) is 5.69 Å². The van der Waals surface area contributed by atoms with E-state index in [2.05, 4.69) is 27.4 Å². The van der Waals surface area contributed by atoms with E-state index in [0.29, 0.717) is 12.1 Å². The summed E-state index contributed by atoms with van der Waals surface area (Å²) in [6.45, 7) is 1.89. The first-order valence-corrected chi connectivity index (χ1v) is 9.29. The number of aromatic nitrogens is 4. The molecule has 2 N–H and O–H groups in total. The zero-order valence-corrected chi connectivity index (χ0v) is 14.7. The molecule has 25 heavy (non-hydrogen) atoms. The third kappa shape index (κ3) is 2.69. The number of benzene rings is 1. The van der Waals surface area contributed by atoms with Crippen molar-refractivity contribution in [2.75, 3.05) is 18.0 Å². The Kier molecular flexibility index (Phi) is 3.50. The average molecular weight is 357 g/mol. The van der Waals surface area contributed by atoms with Crippen LogP contribution >= 0.6 is 11.6 Å². The van der Waals surface area contributed by atoms with Gasteiger partial charge in [-0.05, 0) is 37.8 Å². The van der Waals surface area contributed by atoms with Crippen molar-refractivity contribution in [3.8, 4) is 5.69 Å². The summed E-state index contributed by atoms with van der Waals surface area (Å²) in [6, 6.07) is 5.03. The second kappa shape index (κ2) is 5.75. The van der Waals surface area contributed by atoms with Gasteiger partial charge in [-0.25, -0.2) is 4.68 Å². The van der Waals surface area contributed by atoms with E-state index in [1.807, 2.05) is 27.8 Å². The average Bonchev–Trinajstić information content (AvgIpc) is 3.21. The van der Waals surface area contributed by atoms with E-state index in [1.165, 1.54) is 12.8 Å². The summed E-state index contributed by atoms with van der Waals surface area (Å²) in [5.74, 6) is 0. The van der Waals surface area contributed by atoms with Crippen LogP contribution in [0.3, 0.4) is 0 Å². The van der Waals surface area contributed by atoms with Gasteiger partial charge >= 0.3 is 0 Å². The van der Waals surface area contributed by atoms with Crippen LogP contribution in [0, 0.1) is 0 Å². The van der Waals surface area contributed by atoms with Gasteiger partial charge < -0.3 is 10.6 Å². The zero-order valence-electron chi connectivity index (χ0n) is 14.0. The fraction of sp³-hybridized carbons (Fsp3) is 0.444. The highest BCUT2D eigenvalue weighted by molar-refractivity contribution is 6.34. The largest absolute Gasteiger partial charge is 0.370 e. The number of hydrogen-bond acceptors (Lipinski definition) is 4. The summed E-state index contributed by atoms with van der Waals surface area (Å²) in [6.07, 6.45) is 10.3. The van der Waals surface area contributed by atoms with E-state index in [0.717, 1.165) is 53.2 Å². The van der Waals surface area contributed by atoms with Crippen LogP contribution in [0.1, 0.15) is 31.7 Å². The monoisotopic (exact) mass is 356 g/mol. The lowest BCUT2D eigenvalue weighted by Gasteiger charge is -2.32. The van der Waals surface area contributed by atoms with Gasteiger partial charge in [0.15, 0.2) is 0 Å². The molecule has 0 radical (unpaired) electrons. The first-order valence-electron chi connectivity index (χ1n) is 8.91. The Morgan fingerprint density at radius 2 is 1.84 bits per heavy atom. The lowest BCUT2D eigenvalue weighted by molar-refractivity contribution is 0.501. The summed E-state index contributed by atoms with van der Waals surface area (Å²) in [5, 5.41) is 10.9. The standard InChI is InChI=1S/C18H21ClN6/c19-16-7-12-9-22-25(15-10-21-24(11-15)14-1-2-14)17(12)8-18(16)23-5-3-13(20)4-6-23/h7-11,13-14H,1-6,20H2.